The fourth-order valence-corrected chi connectivity index (χ4v) is 2.29. The van der Waals surface area contributed by atoms with Gasteiger partial charge in [0.25, 0.3) is 0 Å². The minimum atomic E-state index is 0.193. The number of hydrogen-bond acceptors (Lipinski definition) is 3. The van der Waals surface area contributed by atoms with Crippen LogP contribution in [-0.2, 0) is 6.54 Å². The molecule has 19 heavy (non-hydrogen) atoms. The third-order valence-corrected chi connectivity index (χ3v) is 3.46. The first-order chi connectivity index (χ1) is 8.98. The number of methoxy groups -OCH3 is 1. The number of benzene rings is 1. The maximum absolute atomic E-state index is 8.87. The molecule has 0 aliphatic carbocycles. The van der Waals surface area contributed by atoms with Crippen molar-refractivity contribution >= 4 is 11.6 Å². The van der Waals surface area contributed by atoms with Crippen molar-refractivity contribution in [2.45, 2.75) is 33.2 Å². The van der Waals surface area contributed by atoms with Gasteiger partial charge in [-0.1, -0.05) is 31.5 Å². The molecule has 0 aromatic heterocycles. The van der Waals surface area contributed by atoms with Crippen LogP contribution in [0.1, 0.15) is 32.3 Å². The molecule has 0 heterocycles. The second kappa shape index (κ2) is 7.73. The Morgan fingerprint density at radius 1 is 1.37 bits per heavy atom. The van der Waals surface area contributed by atoms with E-state index in [-0.39, 0.29) is 12.0 Å². The summed E-state index contributed by atoms with van der Waals surface area (Å²) in [6, 6.07) is 5.82. The van der Waals surface area contributed by atoms with Gasteiger partial charge < -0.3 is 15.2 Å². The molecule has 1 aromatic rings. The molecule has 1 aromatic carbocycles. The topological polar surface area (TPSA) is 41.5 Å². The van der Waals surface area contributed by atoms with Gasteiger partial charge in [0, 0.05) is 19.7 Å². The van der Waals surface area contributed by atoms with Crippen LogP contribution in [0.15, 0.2) is 18.2 Å². The average molecular weight is 286 g/mol. The summed E-state index contributed by atoms with van der Waals surface area (Å²) >= 11 is 6.09. The fourth-order valence-electron chi connectivity index (χ4n) is 2.01. The molecular weight excluding hydrogens is 262 g/mol. The highest BCUT2D eigenvalue weighted by Crippen LogP contribution is 2.25. The molecule has 4 heteroatoms. The number of hydrogen-bond donors (Lipinski definition) is 2. The molecule has 0 spiro atoms. The van der Waals surface area contributed by atoms with E-state index in [1.54, 1.807) is 7.11 Å². The van der Waals surface area contributed by atoms with E-state index in [1.807, 2.05) is 18.2 Å². The normalized spacial score (nSPS) is 11.6. The minimum absolute atomic E-state index is 0.193. The zero-order valence-corrected chi connectivity index (χ0v) is 12.8. The summed E-state index contributed by atoms with van der Waals surface area (Å²) < 4.78 is 5.13. The van der Waals surface area contributed by atoms with E-state index in [4.69, 9.17) is 21.4 Å². The first kappa shape index (κ1) is 16.3. The molecule has 0 bridgehead atoms. The van der Waals surface area contributed by atoms with E-state index in [9.17, 15) is 0 Å². The van der Waals surface area contributed by atoms with Crippen LogP contribution in [0.25, 0.3) is 0 Å². The lowest BCUT2D eigenvalue weighted by atomic mass is 9.88. The molecule has 1 rings (SSSR count). The van der Waals surface area contributed by atoms with Crippen LogP contribution in [0.5, 0.6) is 5.75 Å². The molecule has 0 atom stereocenters. The number of rotatable bonds is 8. The lowest BCUT2D eigenvalue weighted by Gasteiger charge is -2.24. The highest BCUT2D eigenvalue weighted by molar-refractivity contribution is 6.32. The molecule has 0 radical (unpaired) electrons. The number of ether oxygens (including phenoxy) is 1. The van der Waals surface area contributed by atoms with Crippen molar-refractivity contribution in [1.82, 2.24) is 5.32 Å². The van der Waals surface area contributed by atoms with Crippen molar-refractivity contribution in [3.63, 3.8) is 0 Å². The Morgan fingerprint density at radius 2 is 2.11 bits per heavy atom. The Bertz CT molecular complexity index is 394. The Balaban J connectivity index is 2.42. The Kier molecular flexibility index (Phi) is 6.63. The maximum Gasteiger partial charge on any atom is 0.137 e. The predicted octanol–water partition coefficient (Wildman–Crippen LogP) is 3.24. The van der Waals surface area contributed by atoms with Crippen LogP contribution in [-0.4, -0.2) is 25.4 Å². The van der Waals surface area contributed by atoms with Gasteiger partial charge in [-0.2, -0.15) is 0 Å². The van der Waals surface area contributed by atoms with E-state index in [1.165, 1.54) is 0 Å². The second-order valence-corrected chi connectivity index (χ2v) is 5.97. The van der Waals surface area contributed by atoms with Crippen LogP contribution in [0.4, 0.5) is 0 Å². The quantitative estimate of drug-likeness (QED) is 0.770. The zero-order valence-electron chi connectivity index (χ0n) is 12.0. The van der Waals surface area contributed by atoms with Crippen molar-refractivity contribution in [3.8, 4) is 5.75 Å². The maximum atomic E-state index is 8.87. The number of nitrogens with one attached hydrogen (secondary N) is 1. The van der Waals surface area contributed by atoms with Gasteiger partial charge in [-0.3, -0.25) is 0 Å². The molecule has 108 valence electrons. The van der Waals surface area contributed by atoms with Gasteiger partial charge in [-0.15, -0.1) is 0 Å². The number of aliphatic hydroxyl groups excluding tert-OH is 1. The van der Waals surface area contributed by atoms with Gasteiger partial charge in [0.1, 0.15) is 5.75 Å². The average Bonchev–Trinajstić information content (AvgIpc) is 2.36. The van der Waals surface area contributed by atoms with Crippen molar-refractivity contribution in [1.29, 1.82) is 0 Å². The summed E-state index contributed by atoms with van der Waals surface area (Å²) in [5, 5.41) is 12.9. The van der Waals surface area contributed by atoms with Gasteiger partial charge in [-0.05, 0) is 36.0 Å². The standard InChI is InChI=1S/C15H24ClNO2/c1-15(2,7-4-8-18)11-17-10-12-5-6-14(19-3)13(16)9-12/h5-6,9,17-18H,4,7-8,10-11H2,1-3H3. The third-order valence-electron chi connectivity index (χ3n) is 3.16. The summed E-state index contributed by atoms with van der Waals surface area (Å²) in [6.45, 7) is 6.37. The predicted molar refractivity (Wildman–Crippen MR) is 79.8 cm³/mol. The van der Waals surface area contributed by atoms with E-state index >= 15 is 0 Å². The summed E-state index contributed by atoms with van der Waals surface area (Å²) in [5.74, 6) is 0.702. The van der Waals surface area contributed by atoms with Crippen molar-refractivity contribution in [2.24, 2.45) is 5.41 Å². The highest BCUT2D eigenvalue weighted by Gasteiger charge is 2.16. The molecule has 0 aliphatic heterocycles. The molecule has 0 fully saturated rings. The summed E-state index contributed by atoms with van der Waals surface area (Å²) in [6.07, 6.45) is 1.86. The molecule has 0 amide bonds. The molecule has 0 aliphatic rings. The molecule has 0 saturated carbocycles. The first-order valence-corrected chi connectivity index (χ1v) is 7.00. The van der Waals surface area contributed by atoms with Gasteiger partial charge in [0.2, 0.25) is 0 Å². The van der Waals surface area contributed by atoms with Crippen molar-refractivity contribution in [3.05, 3.63) is 28.8 Å². The van der Waals surface area contributed by atoms with Gasteiger partial charge >= 0.3 is 0 Å². The number of aliphatic hydroxyl groups is 1. The number of halogens is 1. The largest absolute Gasteiger partial charge is 0.495 e. The Labute approximate surface area is 120 Å². The van der Waals surface area contributed by atoms with Crippen LogP contribution in [0, 0.1) is 5.41 Å². The summed E-state index contributed by atoms with van der Waals surface area (Å²) in [5.41, 5.74) is 1.34. The fraction of sp³-hybridized carbons (Fsp3) is 0.600. The molecule has 0 unspecified atom stereocenters. The molecule has 2 N–H and O–H groups in total. The van der Waals surface area contributed by atoms with Crippen molar-refractivity contribution < 1.29 is 9.84 Å². The molecule has 3 nitrogen and oxygen atoms in total. The van der Waals surface area contributed by atoms with Gasteiger partial charge in [0.15, 0.2) is 0 Å². The monoisotopic (exact) mass is 285 g/mol. The summed E-state index contributed by atoms with van der Waals surface area (Å²) in [7, 11) is 1.61. The second-order valence-electron chi connectivity index (χ2n) is 5.56. The lowest BCUT2D eigenvalue weighted by molar-refractivity contribution is 0.236. The zero-order chi connectivity index (χ0) is 14.3. The first-order valence-electron chi connectivity index (χ1n) is 6.62. The van der Waals surface area contributed by atoms with Gasteiger partial charge in [-0.25, -0.2) is 0 Å². The van der Waals surface area contributed by atoms with Crippen LogP contribution < -0.4 is 10.1 Å². The molecular formula is C15H24ClNO2. The minimum Gasteiger partial charge on any atom is -0.495 e. The van der Waals surface area contributed by atoms with Gasteiger partial charge in [0.05, 0.1) is 12.1 Å². The van der Waals surface area contributed by atoms with Crippen LogP contribution in [0.2, 0.25) is 5.02 Å². The lowest BCUT2D eigenvalue weighted by Crippen LogP contribution is -2.29. The van der Waals surface area contributed by atoms with E-state index in [2.05, 4.69) is 19.2 Å². The SMILES string of the molecule is COc1ccc(CNCC(C)(C)CCCO)cc1Cl. The smallest absolute Gasteiger partial charge is 0.137 e. The third kappa shape index (κ3) is 5.81. The van der Waals surface area contributed by atoms with E-state index in [0.717, 1.165) is 31.5 Å². The molecule has 0 saturated heterocycles. The highest BCUT2D eigenvalue weighted by atomic mass is 35.5. The van der Waals surface area contributed by atoms with Crippen LogP contribution in [0.3, 0.4) is 0 Å². The van der Waals surface area contributed by atoms with E-state index in [0.29, 0.717) is 10.8 Å². The Morgan fingerprint density at radius 3 is 2.68 bits per heavy atom. The summed E-state index contributed by atoms with van der Waals surface area (Å²) in [4.78, 5) is 0. The van der Waals surface area contributed by atoms with Crippen LogP contribution >= 0.6 is 11.6 Å². The Hall–Kier alpha value is -0.770. The van der Waals surface area contributed by atoms with Crippen molar-refractivity contribution in [2.75, 3.05) is 20.3 Å². The van der Waals surface area contributed by atoms with E-state index < -0.39 is 0 Å².